The lowest BCUT2D eigenvalue weighted by atomic mass is 9.93. The van der Waals surface area contributed by atoms with Crippen molar-refractivity contribution in [2.45, 2.75) is 110 Å². The molecule has 0 bridgehead atoms. The molecule has 1 aliphatic heterocycles. The molecule has 314 valence electrons. The summed E-state index contributed by atoms with van der Waals surface area (Å²) in [5, 5.41) is 33.4. The van der Waals surface area contributed by atoms with Crippen molar-refractivity contribution in [3.63, 3.8) is 0 Å². The number of aliphatic carboxylic acids is 1. The molecule has 7 unspecified atom stereocenters. The lowest BCUT2D eigenvalue weighted by Gasteiger charge is -2.34. The highest BCUT2D eigenvalue weighted by Gasteiger charge is 2.35. The minimum Gasteiger partial charge on any atom is -0.481 e. The number of likely N-dealkylation sites (N-methyl/N-ethyl adjacent to an activating group) is 1. The van der Waals surface area contributed by atoms with Gasteiger partial charge < -0.3 is 31.5 Å². The number of nitrogens with one attached hydrogen (secondary N) is 4. The molecule has 2 heterocycles. The number of piperidine rings is 1. The van der Waals surface area contributed by atoms with Crippen LogP contribution in [0.25, 0.3) is 0 Å². The zero-order valence-corrected chi connectivity index (χ0v) is 35.0. The summed E-state index contributed by atoms with van der Waals surface area (Å²) in [6, 6.07) is 12.1. The standard InChI is InChI=1S/C43H58N6O8S/c1-7-26(4)36(48-39(52)35-19-13-14-20-49(35)6)40(53)45-32(25(2)3)23-33(46-37(50)30-17-11-12-18-31(30)43(56)57)41-47-34(24-58-41)38(51)44-29(21-27(5)42(54)55)22-28-15-9-8-10-16-28/h8-12,15-18,24-27,29,32-33,35-36H,7,13-14,19-23H2,1-6H3,(H,44,51)(H,45,53)(H,46,50)(H,48,52)(H,54,55)(H,56,57). The number of benzene rings is 2. The first kappa shape index (κ1) is 45.6. The fourth-order valence-corrected chi connectivity index (χ4v) is 8.00. The van der Waals surface area contributed by atoms with Crippen LogP contribution in [0.4, 0.5) is 0 Å². The molecule has 1 aromatic heterocycles. The van der Waals surface area contributed by atoms with Crippen LogP contribution in [0.3, 0.4) is 0 Å². The topological polar surface area (TPSA) is 207 Å². The summed E-state index contributed by atoms with van der Waals surface area (Å²) in [7, 11) is 1.91. The number of aromatic nitrogens is 1. The lowest BCUT2D eigenvalue weighted by molar-refractivity contribution is -0.141. The van der Waals surface area contributed by atoms with Crippen LogP contribution < -0.4 is 21.3 Å². The Labute approximate surface area is 344 Å². The summed E-state index contributed by atoms with van der Waals surface area (Å²) in [6.45, 7) is 10.1. The smallest absolute Gasteiger partial charge is 0.336 e. The average molecular weight is 819 g/mol. The monoisotopic (exact) mass is 818 g/mol. The summed E-state index contributed by atoms with van der Waals surface area (Å²) >= 11 is 1.12. The van der Waals surface area contributed by atoms with E-state index in [2.05, 4.69) is 26.3 Å². The van der Waals surface area contributed by atoms with Gasteiger partial charge >= 0.3 is 11.9 Å². The van der Waals surface area contributed by atoms with Gasteiger partial charge in [-0.05, 0) is 75.2 Å². The van der Waals surface area contributed by atoms with Crippen LogP contribution in [0.2, 0.25) is 0 Å². The molecular weight excluding hydrogens is 761 g/mol. The zero-order chi connectivity index (χ0) is 42.5. The quantitative estimate of drug-likeness (QED) is 0.0867. The number of carbonyl (C=O) groups excluding carboxylic acids is 4. The van der Waals surface area contributed by atoms with Gasteiger partial charge in [0.2, 0.25) is 11.8 Å². The number of carboxylic acid groups (broad SMARTS) is 2. The van der Waals surface area contributed by atoms with E-state index in [-0.39, 0.29) is 59.4 Å². The first-order valence-electron chi connectivity index (χ1n) is 20.1. The van der Waals surface area contributed by atoms with Crippen LogP contribution >= 0.6 is 11.3 Å². The number of thiazole rings is 1. The highest BCUT2D eigenvalue weighted by Crippen LogP contribution is 2.27. The molecule has 4 amide bonds. The molecule has 1 fully saturated rings. The Morgan fingerprint density at radius 2 is 1.52 bits per heavy atom. The van der Waals surface area contributed by atoms with Crippen molar-refractivity contribution in [3.05, 3.63) is 87.4 Å². The highest BCUT2D eigenvalue weighted by molar-refractivity contribution is 7.09. The fraction of sp³-hybridized carbons (Fsp3) is 0.512. The number of likely N-dealkylation sites (tertiary alicyclic amines) is 1. The van der Waals surface area contributed by atoms with Crippen LogP contribution in [0, 0.1) is 17.8 Å². The Hall–Kier alpha value is -5.15. The Kier molecular flexibility index (Phi) is 16.9. The lowest BCUT2D eigenvalue weighted by Crippen LogP contribution is -2.57. The highest BCUT2D eigenvalue weighted by atomic mass is 32.1. The van der Waals surface area contributed by atoms with Gasteiger partial charge in [-0.2, -0.15) is 0 Å². The SMILES string of the molecule is CCC(C)C(NC(=O)C1CCCCN1C)C(=O)NC(CC(NC(=O)c1ccccc1C(=O)O)c1nc(C(=O)NC(Cc2ccccc2)CC(C)C(=O)O)cs1)C(C)C. The van der Waals surface area contributed by atoms with E-state index in [1.165, 1.54) is 18.2 Å². The van der Waals surface area contributed by atoms with Crippen LogP contribution in [-0.2, 0) is 20.8 Å². The average Bonchev–Trinajstić information content (AvgIpc) is 3.70. The minimum absolute atomic E-state index is 0.0589. The van der Waals surface area contributed by atoms with Crippen LogP contribution in [0.15, 0.2) is 60.0 Å². The van der Waals surface area contributed by atoms with Crippen molar-refractivity contribution >= 4 is 46.9 Å². The molecule has 1 aliphatic rings. The molecule has 58 heavy (non-hydrogen) atoms. The molecule has 2 aromatic carbocycles. The van der Waals surface area contributed by atoms with Gasteiger partial charge in [-0.3, -0.25) is 28.9 Å². The van der Waals surface area contributed by atoms with E-state index in [0.29, 0.717) is 24.3 Å². The van der Waals surface area contributed by atoms with Gasteiger partial charge in [0.25, 0.3) is 11.8 Å². The fourth-order valence-electron chi connectivity index (χ4n) is 7.14. The number of aromatic carboxylic acids is 1. The largest absolute Gasteiger partial charge is 0.481 e. The molecule has 0 aliphatic carbocycles. The Morgan fingerprint density at radius 3 is 2.14 bits per heavy atom. The van der Waals surface area contributed by atoms with Crippen molar-refractivity contribution in [3.8, 4) is 0 Å². The van der Waals surface area contributed by atoms with E-state index < -0.39 is 53.8 Å². The van der Waals surface area contributed by atoms with E-state index in [4.69, 9.17) is 0 Å². The van der Waals surface area contributed by atoms with Crippen molar-refractivity contribution in [2.75, 3.05) is 13.6 Å². The molecule has 4 rings (SSSR count). The van der Waals surface area contributed by atoms with E-state index >= 15 is 0 Å². The maximum absolute atomic E-state index is 14.1. The summed E-state index contributed by atoms with van der Waals surface area (Å²) in [5.74, 6) is -5.07. The number of carbonyl (C=O) groups is 6. The number of hydrogen-bond acceptors (Lipinski definition) is 9. The van der Waals surface area contributed by atoms with Gasteiger partial charge in [-0.1, -0.05) is 89.9 Å². The predicted molar refractivity (Wildman–Crippen MR) is 222 cm³/mol. The van der Waals surface area contributed by atoms with Crippen molar-refractivity contribution in [1.82, 2.24) is 31.2 Å². The van der Waals surface area contributed by atoms with Gasteiger partial charge in [0, 0.05) is 17.5 Å². The normalized spacial score (nSPS) is 17.5. The van der Waals surface area contributed by atoms with Crippen molar-refractivity contribution in [1.29, 1.82) is 0 Å². The Morgan fingerprint density at radius 1 is 0.845 bits per heavy atom. The second-order valence-electron chi connectivity index (χ2n) is 15.7. The van der Waals surface area contributed by atoms with E-state index in [9.17, 15) is 39.0 Å². The molecule has 1 saturated heterocycles. The Balaban J connectivity index is 1.62. The molecule has 7 atom stereocenters. The second-order valence-corrected chi connectivity index (χ2v) is 16.6. The summed E-state index contributed by atoms with van der Waals surface area (Å²) in [5.41, 5.74) is 0.723. The number of carboxylic acids is 2. The summed E-state index contributed by atoms with van der Waals surface area (Å²) in [6.07, 6.45) is 3.99. The van der Waals surface area contributed by atoms with E-state index in [0.717, 1.165) is 36.3 Å². The van der Waals surface area contributed by atoms with Gasteiger partial charge in [0.05, 0.1) is 29.1 Å². The van der Waals surface area contributed by atoms with E-state index in [1.54, 1.807) is 18.4 Å². The van der Waals surface area contributed by atoms with Crippen LogP contribution in [0.5, 0.6) is 0 Å². The third-order valence-corrected chi connectivity index (χ3v) is 11.9. The second kappa shape index (κ2) is 21.6. The molecule has 0 saturated carbocycles. The van der Waals surface area contributed by atoms with Crippen LogP contribution in [0.1, 0.15) is 121 Å². The molecule has 14 nitrogen and oxygen atoms in total. The van der Waals surface area contributed by atoms with Crippen molar-refractivity contribution < 1.29 is 39.0 Å². The van der Waals surface area contributed by atoms with Gasteiger partial charge in [0.15, 0.2) is 0 Å². The number of hydrogen-bond donors (Lipinski definition) is 6. The summed E-state index contributed by atoms with van der Waals surface area (Å²) < 4.78 is 0. The third-order valence-electron chi connectivity index (χ3n) is 11.0. The van der Waals surface area contributed by atoms with E-state index in [1.807, 2.05) is 70.0 Å². The molecule has 0 spiro atoms. The molecule has 6 N–H and O–H groups in total. The van der Waals surface area contributed by atoms with Gasteiger partial charge in [-0.25, -0.2) is 9.78 Å². The number of rotatable bonds is 20. The first-order valence-corrected chi connectivity index (χ1v) is 20.9. The molecule has 0 radical (unpaired) electrons. The number of amides is 4. The maximum Gasteiger partial charge on any atom is 0.336 e. The molecule has 15 heteroatoms. The minimum atomic E-state index is -1.28. The molecule has 3 aromatic rings. The van der Waals surface area contributed by atoms with Gasteiger partial charge in [0.1, 0.15) is 16.7 Å². The van der Waals surface area contributed by atoms with Crippen molar-refractivity contribution in [2.24, 2.45) is 17.8 Å². The zero-order valence-electron chi connectivity index (χ0n) is 34.2. The third kappa shape index (κ3) is 12.7. The van der Waals surface area contributed by atoms with Gasteiger partial charge in [-0.15, -0.1) is 11.3 Å². The van der Waals surface area contributed by atoms with Crippen LogP contribution in [-0.4, -0.2) is 93.4 Å². The number of nitrogens with zero attached hydrogens (tertiary/aromatic N) is 2. The Bertz CT molecular complexity index is 1890. The molecular formula is C43H58N6O8S. The predicted octanol–water partition coefficient (Wildman–Crippen LogP) is 5.31. The summed E-state index contributed by atoms with van der Waals surface area (Å²) in [4.78, 5) is 85.5. The maximum atomic E-state index is 14.1. The first-order chi connectivity index (χ1) is 27.6.